The van der Waals surface area contributed by atoms with E-state index in [9.17, 15) is 0 Å². The molecule has 0 saturated heterocycles. The quantitative estimate of drug-likeness (QED) is 0.872. The zero-order valence-corrected chi connectivity index (χ0v) is 10.7. The Bertz CT molecular complexity index is 494. The first-order valence-corrected chi connectivity index (χ1v) is 6.04. The molecule has 96 valence electrons. The number of rotatable bonds is 5. The molecule has 0 aliphatic rings. The van der Waals surface area contributed by atoms with Gasteiger partial charge in [-0.15, -0.1) is 0 Å². The highest BCUT2D eigenvalue weighted by molar-refractivity contribution is 5.38. The highest BCUT2D eigenvalue weighted by Crippen LogP contribution is 2.23. The fourth-order valence-electron chi connectivity index (χ4n) is 1.79. The van der Waals surface area contributed by atoms with Gasteiger partial charge < -0.3 is 10.5 Å². The van der Waals surface area contributed by atoms with Gasteiger partial charge >= 0.3 is 0 Å². The normalized spacial score (nSPS) is 12.4. The second-order valence-corrected chi connectivity index (χ2v) is 4.18. The molecule has 0 radical (unpaired) electrons. The van der Waals surface area contributed by atoms with E-state index < -0.39 is 0 Å². The zero-order chi connectivity index (χ0) is 13.0. The largest absolute Gasteiger partial charge is 0.494 e. The van der Waals surface area contributed by atoms with Gasteiger partial charge in [-0.1, -0.05) is 6.07 Å². The summed E-state index contributed by atoms with van der Waals surface area (Å²) in [6.07, 6.45) is 3.21. The van der Waals surface area contributed by atoms with Crippen LogP contribution in [-0.4, -0.2) is 21.4 Å². The maximum absolute atomic E-state index is 5.90. The van der Waals surface area contributed by atoms with Gasteiger partial charge in [0, 0.05) is 11.6 Å². The number of aromatic nitrogens is 3. The maximum Gasteiger partial charge on any atom is 0.137 e. The van der Waals surface area contributed by atoms with E-state index in [1.54, 1.807) is 11.0 Å². The van der Waals surface area contributed by atoms with E-state index in [0.717, 1.165) is 16.9 Å². The summed E-state index contributed by atoms with van der Waals surface area (Å²) >= 11 is 0. The van der Waals surface area contributed by atoms with E-state index in [0.29, 0.717) is 13.2 Å². The summed E-state index contributed by atoms with van der Waals surface area (Å²) in [5.41, 5.74) is 8.06. The Kier molecular flexibility index (Phi) is 3.94. The van der Waals surface area contributed by atoms with E-state index >= 15 is 0 Å². The molecule has 0 amide bonds. The number of ether oxygens (including phenoxy) is 1. The average Bonchev–Trinajstić information content (AvgIpc) is 2.84. The highest BCUT2D eigenvalue weighted by atomic mass is 16.5. The van der Waals surface area contributed by atoms with Crippen molar-refractivity contribution in [1.29, 1.82) is 0 Å². The van der Waals surface area contributed by atoms with Crippen molar-refractivity contribution in [2.75, 3.05) is 6.61 Å². The summed E-state index contributed by atoms with van der Waals surface area (Å²) in [7, 11) is 0. The van der Waals surface area contributed by atoms with Crippen LogP contribution in [0.3, 0.4) is 0 Å². The smallest absolute Gasteiger partial charge is 0.137 e. The first-order chi connectivity index (χ1) is 8.70. The lowest BCUT2D eigenvalue weighted by Gasteiger charge is -2.13. The third kappa shape index (κ3) is 2.87. The molecule has 18 heavy (non-hydrogen) atoms. The standard InChI is InChI=1S/C13H18N4O/c1-3-18-13-5-4-11(10(2)14)6-12(13)7-17-9-15-8-16-17/h4-6,8-10H,3,7,14H2,1-2H3. The SMILES string of the molecule is CCOc1ccc(C(C)N)cc1Cn1cncn1. The molecule has 1 unspecified atom stereocenters. The van der Waals surface area contributed by atoms with Crippen LogP contribution >= 0.6 is 0 Å². The molecule has 1 aromatic heterocycles. The van der Waals surface area contributed by atoms with E-state index in [2.05, 4.69) is 16.1 Å². The van der Waals surface area contributed by atoms with E-state index in [4.69, 9.17) is 10.5 Å². The fourth-order valence-corrected chi connectivity index (χ4v) is 1.79. The minimum Gasteiger partial charge on any atom is -0.494 e. The summed E-state index contributed by atoms with van der Waals surface area (Å²) in [5.74, 6) is 0.873. The van der Waals surface area contributed by atoms with Gasteiger partial charge in [0.2, 0.25) is 0 Å². The third-order valence-corrected chi connectivity index (χ3v) is 2.71. The lowest BCUT2D eigenvalue weighted by atomic mass is 10.0. The molecule has 1 atom stereocenters. The maximum atomic E-state index is 5.90. The van der Waals surface area contributed by atoms with Crippen LogP contribution in [0.1, 0.15) is 31.0 Å². The third-order valence-electron chi connectivity index (χ3n) is 2.71. The van der Waals surface area contributed by atoms with Gasteiger partial charge in [0.05, 0.1) is 13.2 Å². The minimum absolute atomic E-state index is 0.00942. The van der Waals surface area contributed by atoms with Crippen LogP contribution in [0, 0.1) is 0 Å². The van der Waals surface area contributed by atoms with E-state index in [1.807, 2.05) is 26.0 Å². The zero-order valence-electron chi connectivity index (χ0n) is 10.7. The van der Waals surface area contributed by atoms with Crippen LogP contribution in [0.4, 0.5) is 0 Å². The Morgan fingerprint density at radius 1 is 1.44 bits per heavy atom. The molecule has 0 fully saturated rings. The molecule has 0 spiro atoms. The Balaban J connectivity index is 2.31. The van der Waals surface area contributed by atoms with Crippen LogP contribution < -0.4 is 10.5 Å². The molecule has 0 aliphatic heterocycles. The number of benzene rings is 1. The van der Waals surface area contributed by atoms with Crippen LogP contribution in [0.15, 0.2) is 30.9 Å². The molecular formula is C13H18N4O. The van der Waals surface area contributed by atoms with Crippen molar-refractivity contribution >= 4 is 0 Å². The molecule has 1 heterocycles. The van der Waals surface area contributed by atoms with Crippen molar-refractivity contribution in [3.8, 4) is 5.75 Å². The molecule has 1 aromatic carbocycles. The van der Waals surface area contributed by atoms with Crippen molar-refractivity contribution in [2.45, 2.75) is 26.4 Å². The van der Waals surface area contributed by atoms with Gasteiger partial charge in [-0.05, 0) is 31.5 Å². The van der Waals surface area contributed by atoms with E-state index in [-0.39, 0.29) is 6.04 Å². The Morgan fingerprint density at radius 2 is 2.28 bits per heavy atom. The molecular weight excluding hydrogens is 228 g/mol. The summed E-state index contributed by atoms with van der Waals surface area (Å²) < 4.78 is 7.38. The first kappa shape index (κ1) is 12.6. The van der Waals surface area contributed by atoms with Gasteiger partial charge in [-0.2, -0.15) is 5.10 Å². The predicted octanol–water partition coefficient (Wildman–Crippen LogP) is 1.74. The Labute approximate surface area is 107 Å². The summed E-state index contributed by atoms with van der Waals surface area (Å²) in [6.45, 7) is 5.21. The predicted molar refractivity (Wildman–Crippen MR) is 69.3 cm³/mol. The van der Waals surface area contributed by atoms with Gasteiger partial charge in [0.15, 0.2) is 0 Å². The second kappa shape index (κ2) is 5.64. The topological polar surface area (TPSA) is 66.0 Å². The Hall–Kier alpha value is -1.88. The van der Waals surface area contributed by atoms with Gasteiger partial charge in [-0.25, -0.2) is 9.67 Å². The molecule has 5 nitrogen and oxygen atoms in total. The molecule has 5 heteroatoms. The molecule has 0 bridgehead atoms. The van der Waals surface area contributed by atoms with Crippen LogP contribution in [0.5, 0.6) is 5.75 Å². The lowest BCUT2D eigenvalue weighted by Crippen LogP contribution is -2.08. The Morgan fingerprint density at radius 3 is 2.89 bits per heavy atom. The fraction of sp³-hybridized carbons (Fsp3) is 0.385. The molecule has 0 saturated carbocycles. The lowest BCUT2D eigenvalue weighted by molar-refractivity contribution is 0.335. The van der Waals surface area contributed by atoms with Gasteiger partial charge in [-0.3, -0.25) is 0 Å². The molecule has 2 rings (SSSR count). The van der Waals surface area contributed by atoms with Crippen molar-refractivity contribution < 1.29 is 4.74 Å². The van der Waals surface area contributed by atoms with Crippen LogP contribution in [-0.2, 0) is 6.54 Å². The van der Waals surface area contributed by atoms with E-state index in [1.165, 1.54) is 6.33 Å². The second-order valence-electron chi connectivity index (χ2n) is 4.18. The van der Waals surface area contributed by atoms with Gasteiger partial charge in [0.25, 0.3) is 0 Å². The van der Waals surface area contributed by atoms with Crippen LogP contribution in [0.2, 0.25) is 0 Å². The summed E-state index contributed by atoms with van der Waals surface area (Å²) in [6, 6.07) is 6.04. The van der Waals surface area contributed by atoms with Crippen molar-refractivity contribution in [3.05, 3.63) is 42.0 Å². The molecule has 2 N–H and O–H groups in total. The number of nitrogens with zero attached hydrogens (tertiary/aromatic N) is 3. The number of hydrogen-bond donors (Lipinski definition) is 1. The van der Waals surface area contributed by atoms with Crippen LogP contribution in [0.25, 0.3) is 0 Å². The number of nitrogens with two attached hydrogens (primary N) is 1. The monoisotopic (exact) mass is 246 g/mol. The first-order valence-electron chi connectivity index (χ1n) is 6.04. The number of hydrogen-bond acceptors (Lipinski definition) is 4. The average molecular weight is 246 g/mol. The minimum atomic E-state index is 0.00942. The van der Waals surface area contributed by atoms with Gasteiger partial charge in [0.1, 0.15) is 18.4 Å². The van der Waals surface area contributed by atoms with Crippen molar-refractivity contribution in [1.82, 2.24) is 14.8 Å². The highest BCUT2D eigenvalue weighted by Gasteiger charge is 2.08. The summed E-state index contributed by atoms with van der Waals surface area (Å²) in [4.78, 5) is 3.94. The van der Waals surface area contributed by atoms with Crippen molar-refractivity contribution in [2.24, 2.45) is 5.73 Å². The molecule has 0 aliphatic carbocycles. The molecule has 2 aromatic rings. The summed E-state index contributed by atoms with van der Waals surface area (Å²) in [5, 5.41) is 4.11. The van der Waals surface area contributed by atoms with Crippen molar-refractivity contribution in [3.63, 3.8) is 0 Å².